The van der Waals surface area contributed by atoms with Crippen molar-refractivity contribution in [1.82, 2.24) is 4.90 Å². The van der Waals surface area contributed by atoms with E-state index in [1.807, 2.05) is 0 Å². The number of ether oxygens (including phenoxy) is 1. The van der Waals surface area contributed by atoms with Crippen molar-refractivity contribution < 1.29 is 17.9 Å². The zero-order valence-corrected chi connectivity index (χ0v) is 9.50. The largest absolute Gasteiger partial charge is 0.497 e. The summed E-state index contributed by atoms with van der Waals surface area (Å²) in [6.45, 7) is -0.106. The van der Waals surface area contributed by atoms with Crippen LogP contribution in [-0.2, 0) is 6.54 Å². The van der Waals surface area contributed by atoms with Crippen molar-refractivity contribution in [3.05, 3.63) is 29.8 Å². The van der Waals surface area contributed by atoms with Crippen LogP contribution in [0.25, 0.3) is 0 Å². The third kappa shape index (κ3) is 3.12. The molecule has 1 saturated carbocycles. The summed E-state index contributed by atoms with van der Waals surface area (Å²) in [5.41, 5.74) is 0.619. The molecular formula is C12H14F3NO. The molecule has 0 aromatic heterocycles. The van der Waals surface area contributed by atoms with Crippen LogP contribution in [0.2, 0.25) is 0 Å². The predicted octanol–water partition coefficient (Wildman–Crippen LogP) is 3.18. The molecule has 0 heterocycles. The molecule has 1 aliphatic rings. The number of rotatable bonds is 4. The Labute approximate surface area is 98.0 Å². The molecule has 2 nitrogen and oxygen atoms in total. The Kier molecular flexibility index (Phi) is 3.28. The fraction of sp³-hybridized carbons (Fsp3) is 0.500. The first-order valence-electron chi connectivity index (χ1n) is 5.47. The standard InChI is InChI=1S/C12H14F3NO/c1-17-11-4-2-3-9(7-11)8-16(10-5-6-10)12(13,14)15/h2-4,7,10H,5-6,8H2,1H3. The smallest absolute Gasteiger partial charge is 0.460 e. The highest BCUT2D eigenvalue weighted by atomic mass is 19.4. The summed E-state index contributed by atoms with van der Waals surface area (Å²) in [6.07, 6.45) is -3.00. The van der Waals surface area contributed by atoms with Crippen LogP contribution in [0.15, 0.2) is 24.3 Å². The van der Waals surface area contributed by atoms with Crippen LogP contribution >= 0.6 is 0 Å². The van der Waals surface area contributed by atoms with Gasteiger partial charge in [-0.1, -0.05) is 12.1 Å². The second-order valence-electron chi connectivity index (χ2n) is 4.18. The van der Waals surface area contributed by atoms with Gasteiger partial charge in [0.15, 0.2) is 0 Å². The van der Waals surface area contributed by atoms with E-state index in [0.717, 1.165) is 0 Å². The molecule has 2 rings (SSSR count). The van der Waals surface area contributed by atoms with Crippen LogP contribution in [0.5, 0.6) is 5.75 Å². The van der Waals surface area contributed by atoms with Gasteiger partial charge in [-0.25, -0.2) is 4.90 Å². The van der Waals surface area contributed by atoms with E-state index in [4.69, 9.17) is 4.74 Å². The van der Waals surface area contributed by atoms with E-state index in [9.17, 15) is 13.2 Å². The van der Waals surface area contributed by atoms with E-state index in [0.29, 0.717) is 29.1 Å². The van der Waals surface area contributed by atoms with Crippen molar-refractivity contribution in [2.45, 2.75) is 31.7 Å². The van der Waals surface area contributed by atoms with E-state index in [1.165, 1.54) is 7.11 Å². The first kappa shape index (κ1) is 12.2. The van der Waals surface area contributed by atoms with Crippen LogP contribution in [0.4, 0.5) is 13.2 Å². The van der Waals surface area contributed by atoms with Crippen LogP contribution in [0, 0.1) is 0 Å². The average molecular weight is 245 g/mol. The van der Waals surface area contributed by atoms with Crippen molar-refractivity contribution in [2.24, 2.45) is 0 Å². The van der Waals surface area contributed by atoms with Gasteiger partial charge in [0.05, 0.1) is 7.11 Å². The highest BCUT2D eigenvalue weighted by molar-refractivity contribution is 5.28. The van der Waals surface area contributed by atoms with Crippen molar-refractivity contribution in [3.8, 4) is 5.75 Å². The van der Waals surface area contributed by atoms with Gasteiger partial charge in [0, 0.05) is 12.6 Å². The average Bonchev–Trinajstić information content (AvgIpc) is 3.08. The third-order valence-electron chi connectivity index (χ3n) is 2.80. The normalized spacial score (nSPS) is 16.3. The van der Waals surface area contributed by atoms with Gasteiger partial charge in [0.2, 0.25) is 0 Å². The van der Waals surface area contributed by atoms with E-state index in [-0.39, 0.29) is 12.6 Å². The lowest BCUT2D eigenvalue weighted by Gasteiger charge is -2.24. The summed E-state index contributed by atoms with van der Waals surface area (Å²) in [5, 5.41) is 0. The lowest BCUT2D eigenvalue weighted by Crippen LogP contribution is -2.39. The number of nitrogens with zero attached hydrogens (tertiary/aromatic N) is 1. The van der Waals surface area contributed by atoms with Gasteiger partial charge >= 0.3 is 6.30 Å². The molecule has 17 heavy (non-hydrogen) atoms. The third-order valence-corrected chi connectivity index (χ3v) is 2.80. The first-order chi connectivity index (χ1) is 8.00. The van der Waals surface area contributed by atoms with Crippen LogP contribution in [0.3, 0.4) is 0 Å². The number of benzene rings is 1. The molecule has 5 heteroatoms. The SMILES string of the molecule is COc1cccc(CN(C2CC2)C(F)(F)F)c1. The molecule has 0 saturated heterocycles. The highest BCUT2D eigenvalue weighted by Gasteiger charge is 2.45. The van der Waals surface area contributed by atoms with Gasteiger partial charge in [0.25, 0.3) is 0 Å². The summed E-state index contributed by atoms with van der Waals surface area (Å²) < 4.78 is 43.3. The Morgan fingerprint density at radius 1 is 1.35 bits per heavy atom. The number of methoxy groups -OCH3 is 1. The maximum atomic E-state index is 12.8. The number of hydrogen-bond donors (Lipinski definition) is 0. The molecule has 0 N–H and O–H groups in total. The Balaban J connectivity index is 2.11. The quantitative estimate of drug-likeness (QED) is 0.755. The monoisotopic (exact) mass is 245 g/mol. The molecule has 0 radical (unpaired) electrons. The van der Waals surface area contributed by atoms with Gasteiger partial charge in [0.1, 0.15) is 5.75 Å². The zero-order valence-electron chi connectivity index (χ0n) is 9.50. The lowest BCUT2D eigenvalue weighted by molar-refractivity contribution is -0.253. The van der Waals surface area contributed by atoms with E-state index in [2.05, 4.69) is 0 Å². The maximum Gasteiger partial charge on any atom is 0.460 e. The van der Waals surface area contributed by atoms with Gasteiger partial charge in [-0.3, -0.25) is 0 Å². The molecule has 0 atom stereocenters. The molecule has 0 aliphatic heterocycles. The Morgan fingerprint density at radius 3 is 2.59 bits per heavy atom. The first-order valence-corrected chi connectivity index (χ1v) is 5.47. The molecular weight excluding hydrogens is 231 g/mol. The maximum absolute atomic E-state index is 12.8. The second-order valence-corrected chi connectivity index (χ2v) is 4.18. The van der Waals surface area contributed by atoms with E-state index < -0.39 is 6.30 Å². The predicted molar refractivity (Wildman–Crippen MR) is 57.6 cm³/mol. The molecule has 1 fully saturated rings. The minimum absolute atomic E-state index is 0.106. The molecule has 0 unspecified atom stereocenters. The second kappa shape index (κ2) is 4.56. The summed E-state index contributed by atoms with van der Waals surface area (Å²) in [4.78, 5) is 0.599. The molecule has 0 bridgehead atoms. The lowest BCUT2D eigenvalue weighted by atomic mass is 10.2. The van der Waals surface area contributed by atoms with E-state index >= 15 is 0 Å². The van der Waals surface area contributed by atoms with Gasteiger partial charge in [-0.15, -0.1) is 0 Å². The number of alkyl halides is 3. The fourth-order valence-corrected chi connectivity index (χ4v) is 1.78. The Morgan fingerprint density at radius 2 is 2.06 bits per heavy atom. The molecule has 94 valence electrons. The minimum atomic E-state index is -4.26. The molecule has 1 aromatic rings. The summed E-state index contributed by atoms with van der Waals surface area (Å²) >= 11 is 0. The van der Waals surface area contributed by atoms with Gasteiger partial charge < -0.3 is 4.74 Å². The van der Waals surface area contributed by atoms with Gasteiger partial charge in [-0.2, -0.15) is 13.2 Å². The van der Waals surface area contributed by atoms with Gasteiger partial charge in [-0.05, 0) is 30.5 Å². The van der Waals surface area contributed by atoms with Crippen LogP contribution < -0.4 is 4.74 Å². The molecule has 0 amide bonds. The molecule has 1 aliphatic carbocycles. The van der Waals surface area contributed by atoms with E-state index in [1.54, 1.807) is 24.3 Å². The van der Waals surface area contributed by atoms with Crippen molar-refractivity contribution in [3.63, 3.8) is 0 Å². The zero-order chi connectivity index (χ0) is 12.5. The Hall–Kier alpha value is -1.23. The van der Waals surface area contributed by atoms with Crippen molar-refractivity contribution in [2.75, 3.05) is 7.11 Å². The summed E-state index contributed by atoms with van der Waals surface area (Å²) in [7, 11) is 1.50. The fourth-order valence-electron chi connectivity index (χ4n) is 1.78. The molecule has 0 spiro atoms. The Bertz CT molecular complexity index is 388. The van der Waals surface area contributed by atoms with Crippen molar-refractivity contribution in [1.29, 1.82) is 0 Å². The number of halogens is 3. The highest BCUT2D eigenvalue weighted by Crippen LogP contribution is 2.37. The summed E-state index contributed by atoms with van der Waals surface area (Å²) in [5.74, 6) is 0.584. The van der Waals surface area contributed by atoms with Crippen LogP contribution in [0.1, 0.15) is 18.4 Å². The number of hydrogen-bond acceptors (Lipinski definition) is 2. The van der Waals surface area contributed by atoms with Crippen molar-refractivity contribution >= 4 is 0 Å². The topological polar surface area (TPSA) is 12.5 Å². The summed E-state index contributed by atoms with van der Waals surface area (Å²) in [6, 6.07) is 6.40. The minimum Gasteiger partial charge on any atom is -0.497 e. The van der Waals surface area contributed by atoms with Crippen LogP contribution in [-0.4, -0.2) is 24.4 Å². The molecule has 1 aromatic carbocycles.